The molecule has 0 saturated carbocycles. The number of fused-ring (bicyclic) bond motifs is 9. The summed E-state index contributed by atoms with van der Waals surface area (Å²) >= 11 is 0. The molecular weight excluding hydrogens is 829 g/mol. The van der Waals surface area contributed by atoms with E-state index in [0.29, 0.717) is 0 Å². The van der Waals surface area contributed by atoms with Crippen molar-refractivity contribution in [1.29, 1.82) is 0 Å². The number of rotatable bonds is 6. The maximum Gasteiger partial charge on any atom is 0.0159 e. The molecule has 0 nitrogen and oxygen atoms in total. The predicted molar refractivity (Wildman–Crippen MR) is 292 cm³/mol. The highest BCUT2D eigenvalue weighted by atomic mass is 14.4. The molecule has 69 heavy (non-hydrogen) atoms. The summed E-state index contributed by atoms with van der Waals surface area (Å²) in [6, 6.07) is 82.2. The maximum atomic E-state index is 2.48. The van der Waals surface area contributed by atoms with Gasteiger partial charge in [0.1, 0.15) is 0 Å². The SMILES string of the molecule is CC1(C)c2cc(-c3ccccc3)ccc2-c2ccc(-c3ccc4c(c3)C(C)(C)c3cc(-c5ccc6c(c5)C(C)(C)c5cc(-c7cccc(-c8ccccc8)c7-c7ccccc7)ccc5-6)ccc3-4)cc21. The molecule has 13 rings (SSSR count). The lowest BCUT2D eigenvalue weighted by Crippen LogP contribution is -2.16. The van der Waals surface area contributed by atoms with E-state index in [-0.39, 0.29) is 16.2 Å². The van der Waals surface area contributed by atoms with Crippen molar-refractivity contribution in [2.45, 2.75) is 57.8 Å². The zero-order valence-corrected chi connectivity index (χ0v) is 40.3. The molecule has 0 aliphatic heterocycles. The minimum Gasteiger partial charge on any atom is -0.0622 e. The van der Waals surface area contributed by atoms with Crippen LogP contribution in [0.5, 0.6) is 0 Å². The molecule has 0 N–H and O–H groups in total. The molecule has 0 amide bonds. The lowest BCUT2D eigenvalue weighted by atomic mass is 9.79. The monoisotopic (exact) mass is 882 g/mol. The van der Waals surface area contributed by atoms with Crippen molar-refractivity contribution in [2.24, 2.45) is 0 Å². The van der Waals surface area contributed by atoms with Gasteiger partial charge in [0.25, 0.3) is 0 Å². The fraction of sp³-hybridized carbons (Fsp3) is 0.130. The fourth-order valence-electron chi connectivity index (χ4n) is 12.5. The minimum atomic E-state index is -0.177. The topological polar surface area (TPSA) is 0 Å². The molecule has 0 fully saturated rings. The molecule has 330 valence electrons. The first kappa shape index (κ1) is 41.4. The largest absolute Gasteiger partial charge is 0.0622 e. The van der Waals surface area contributed by atoms with Gasteiger partial charge in [-0.05, 0) is 170 Å². The molecule has 0 aromatic heterocycles. The molecular formula is C69H54. The Morgan fingerprint density at radius 1 is 0.188 bits per heavy atom. The van der Waals surface area contributed by atoms with E-state index in [1.165, 1.54) is 134 Å². The molecule has 0 saturated heterocycles. The van der Waals surface area contributed by atoms with Crippen LogP contribution in [-0.4, -0.2) is 0 Å². The Labute approximate surface area is 407 Å². The van der Waals surface area contributed by atoms with E-state index in [1.54, 1.807) is 0 Å². The van der Waals surface area contributed by atoms with Crippen molar-refractivity contribution in [2.75, 3.05) is 0 Å². The van der Waals surface area contributed by atoms with Gasteiger partial charge in [-0.3, -0.25) is 0 Å². The van der Waals surface area contributed by atoms with E-state index in [2.05, 4.69) is 260 Å². The van der Waals surface area contributed by atoms with Crippen LogP contribution in [-0.2, 0) is 16.2 Å². The Bertz CT molecular complexity index is 3710. The highest BCUT2D eigenvalue weighted by Crippen LogP contribution is 2.55. The van der Waals surface area contributed by atoms with Crippen molar-refractivity contribution >= 4 is 0 Å². The lowest BCUT2D eigenvalue weighted by Gasteiger charge is -2.24. The van der Waals surface area contributed by atoms with Crippen molar-refractivity contribution in [3.63, 3.8) is 0 Å². The third-order valence-corrected chi connectivity index (χ3v) is 16.3. The molecule has 3 aliphatic rings. The fourth-order valence-corrected chi connectivity index (χ4v) is 12.5. The average Bonchev–Trinajstić information content (AvgIpc) is 3.87. The van der Waals surface area contributed by atoms with Crippen LogP contribution in [0.2, 0.25) is 0 Å². The van der Waals surface area contributed by atoms with Crippen LogP contribution in [0.4, 0.5) is 0 Å². The minimum absolute atomic E-state index is 0.103. The molecule has 0 spiro atoms. The van der Waals surface area contributed by atoms with Crippen LogP contribution in [0, 0.1) is 0 Å². The van der Waals surface area contributed by atoms with Crippen molar-refractivity contribution in [3.05, 3.63) is 252 Å². The van der Waals surface area contributed by atoms with Crippen molar-refractivity contribution in [1.82, 2.24) is 0 Å². The predicted octanol–water partition coefficient (Wildman–Crippen LogP) is 18.6. The number of hydrogen-bond acceptors (Lipinski definition) is 0. The van der Waals surface area contributed by atoms with Gasteiger partial charge in [0.05, 0.1) is 0 Å². The zero-order valence-electron chi connectivity index (χ0n) is 40.3. The van der Waals surface area contributed by atoms with E-state index in [9.17, 15) is 0 Å². The van der Waals surface area contributed by atoms with Gasteiger partial charge in [-0.1, -0.05) is 224 Å². The highest BCUT2D eigenvalue weighted by Gasteiger charge is 2.39. The molecule has 0 heteroatoms. The molecule has 0 radical (unpaired) electrons. The summed E-state index contributed by atoms with van der Waals surface area (Å²) in [6.45, 7) is 14.4. The molecule has 0 bridgehead atoms. The van der Waals surface area contributed by atoms with E-state index >= 15 is 0 Å². The Balaban J connectivity index is 0.815. The Morgan fingerprint density at radius 2 is 0.449 bits per heavy atom. The third-order valence-electron chi connectivity index (χ3n) is 16.3. The van der Waals surface area contributed by atoms with Gasteiger partial charge in [0.2, 0.25) is 0 Å². The number of hydrogen-bond donors (Lipinski definition) is 0. The standard InChI is InChI=1S/C69H54/c1-67(2)60-37-46(43-17-10-7-11-18-43)25-31-54(60)55-32-26-47(38-61(55)67)48-27-33-56-57-34-28-49(40-63(57)68(3,4)62(56)39-48)50-29-35-58-59-36-30-51(42-65(59)69(5,6)64(58)41-50)53-24-16-23-52(44-19-12-8-13-20-44)66(53)45-21-14-9-15-22-45/h7-42H,1-6H3. The Kier molecular flexibility index (Phi) is 9.06. The normalized spacial score (nSPS) is 14.9. The van der Waals surface area contributed by atoms with E-state index in [0.717, 1.165) is 0 Å². The summed E-state index contributed by atoms with van der Waals surface area (Å²) in [6.07, 6.45) is 0. The molecule has 0 atom stereocenters. The first-order valence-corrected chi connectivity index (χ1v) is 24.7. The molecule has 3 aliphatic carbocycles. The molecule has 10 aromatic carbocycles. The number of benzene rings is 10. The molecule has 0 heterocycles. The molecule has 10 aromatic rings. The zero-order chi connectivity index (χ0) is 46.8. The van der Waals surface area contributed by atoms with Gasteiger partial charge in [0, 0.05) is 16.2 Å². The summed E-state index contributed by atoms with van der Waals surface area (Å²) < 4.78 is 0. The second kappa shape index (κ2) is 15.1. The van der Waals surface area contributed by atoms with Crippen molar-refractivity contribution < 1.29 is 0 Å². The second-order valence-electron chi connectivity index (χ2n) is 21.3. The highest BCUT2D eigenvalue weighted by molar-refractivity contribution is 5.96. The summed E-state index contributed by atoms with van der Waals surface area (Å²) in [7, 11) is 0. The van der Waals surface area contributed by atoms with Gasteiger partial charge in [-0.2, -0.15) is 0 Å². The summed E-state index contributed by atoms with van der Waals surface area (Å²) in [5.41, 5.74) is 31.1. The van der Waals surface area contributed by atoms with Crippen LogP contribution < -0.4 is 0 Å². The average molecular weight is 883 g/mol. The first-order valence-electron chi connectivity index (χ1n) is 24.7. The van der Waals surface area contributed by atoms with Crippen LogP contribution in [0.3, 0.4) is 0 Å². The van der Waals surface area contributed by atoms with Gasteiger partial charge in [-0.25, -0.2) is 0 Å². The van der Waals surface area contributed by atoms with Crippen LogP contribution in [0.1, 0.15) is 74.9 Å². The van der Waals surface area contributed by atoms with E-state index in [1.807, 2.05) is 0 Å². The third kappa shape index (κ3) is 6.28. The van der Waals surface area contributed by atoms with Gasteiger partial charge in [-0.15, -0.1) is 0 Å². The summed E-state index contributed by atoms with van der Waals surface area (Å²) in [4.78, 5) is 0. The van der Waals surface area contributed by atoms with Gasteiger partial charge in [0.15, 0.2) is 0 Å². The van der Waals surface area contributed by atoms with Gasteiger partial charge < -0.3 is 0 Å². The van der Waals surface area contributed by atoms with Crippen LogP contribution in [0.15, 0.2) is 218 Å². The van der Waals surface area contributed by atoms with E-state index in [4.69, 9.17) is 0 Å². The first-order chi connectivity index (χ1) is 33.5. The maximum absolute atomic E-state index is 2.48. The quantitative estimate of drug-likeness (QED) is 0.156. The van der Waals surface area contributed by atoms with Crippen LogP contribution in [0.25, 0.3) is 100 Å². The summed E-state index contributed by atoms with van der Waals surface area (Å²) in [5.74, 6) is 0. The lowest BCUT2D eigenvalue weighted by molar-refractivity contribution is 0.659. The van der Waals surface area contributed by atoms with Crippen molar-refractivity contribution in [3.8, 4) is 100 Å². The molecule has 0 unspecified atom stereocenters. The van der Waals surface area contributed by atoms with Crippen LogP contribution >= 0.6 is 0 Å². The smallest absolute Gasteiger partial charge is 0.0159 e. The Morgan fingerprint density at radius 3 is 0.797 bits per heavy atom. The van der Waals surface area contributed by atoms with E-state index < -0.39 is 0 Å². The summed E-state index contributed by atoms with van der Waals surface area (Å²) in [5, 5.41) is 0. The van der Waals surface area contributed by atoms with Gasteiger partial charge >= 0.3 is 0 Å². The Hall–Kier alpha value is -7.80. The second-order valence-corrected chi connectivity index (χ2v) is 21.3.